The molecule has 9 atom stereocenters. The Morgan fingerprint density at radius 3 is 2.44 bits per heavy atom. The van der Waals surface area contributed by atoms with E-state index in [2.05, 4.69) is 29.8 Å². The third-order valence-corrected chi connectivity index (χ3v) is 9.73. The van der Waals surface area contributed by atoms with Crippen molar-refractivity contribution in [3.63, 3.8) is 0 Å². The maximum absolute atomic E-state index is 12.5. The van der Waals surface area contributed by atoms with Gasteiger partial charge < -0.3 is 5.11 Å². The van der Waals surface area contributed by atoms with E-state index < -0.39 is 5.60 Å². The molecule has 0 aromatic carbocycles. The fraction of sp³-hybridized carbons (Fsp3) is 0.955. The second-order valence-corrected chi connectivity index (χ2v) is 11.0. The molecular weight excluding hydrogens is 376 g/mol. The third kappa shape index (κ3) is 2.87. The zero-order chi connectivity index (χ0) is 18.0. The van der Waals surface area contributed by atoms with Crippen LogP contribution in [0, 0.1) is 46.8 Å². The minimum atomic E-state index is -0.438. The van der Waals surface area contributed by atoms with Crippen LogP contribution in [0.15, 0.2) is 0 Å². The van der Waals surface area contributed by atoms with Crippen LogP contribution in [0.25, 0.3) is 0 Å². The van der Waals surface area contributed by atoms with Gasteiger partial charge in [-0.2, -0.15) is 0 Å². The number of halogens is 1. The van der Waals surface area contributed by atoms with E-state index in [9.17, 15) is 9.90 Å². The number of hydrogen-bond donors (Lipinski definition) is 1. The summed E-state index contributed by atoms with van der Waals surface area (Å²) in [5.74, 6) is 5.44. The van der Waals surface area contributed by atoms with E-state index in [1.165, 1.54) is 32.1 Å². The highest BCUT2D eigenvalue weighted by Crippen LogP contribution is 2.65. The van der Waals surface area contributed by atoms with Gasteiger partial charge in [0.05, 0.1) is 10.9 Å². The molecule has 0 heterocycles. The van der Waals surface area contributed by atoms with Crippen molar-refractivity contribution in [2.45, 2.75) is 77.7 Å². The summed E-state index contributed by atoms with van der Waals surface area (Å²) < 4.78 is 0. The van der Waals surface area contributed by atoms with Crippen LogP contribution < -0.4 is 0 Å². The molecule has 0 unspecified atom stereocenters. The van der Waals surface area contributed by atoms with Gasteiger partial charge >= 0.3 is 0 Å². The molecule has 4 fully saturated rings. The molecular formula is C22H35BrO2. The topological polar surface area (TPSA) is 37.3 Å². The van der Waals surface area contributed by atoms with Crippen LogP contribution >= 0.6 is 15.9 Å². The summed E-state index contributed by atoms with van der Waals surface area (Å²) in [6.07, 6.45) is 9.49. The molecule has 0 bridgehead atoms. The molecule has 4 aliphatic carbocycles. The largest absolute Gasteiger partial charge is 0.390 e. The maximum Gasteiger partial charge on any atom is 0.147 e. The molecule has 25 heavy (non-hydrogen) atoms. The number of carbonyl (C=O) groups is 1. The van der Waals surface area contributed by atoms with Crippen LogP contribution in [0.3, 0.4) is 0 Å². The minimum absolute atomic E-state index is 0.249. The van der Waals surface area contributed by atoms with E-state index in [1.807, 2.05) is 6.92 Å². The van der Waals surface area contributed by atoms with Crippen LogP contribution in [-0.4, -0.2) is 21.8 Å². The Labute approximate surface area is 161 Å². The Kier molecular flexibility index (Phi) is 4.68. The number of carbonyl (C=O) groups excluding carboxylic acids is 1. The van der Waals surface area contributed by atoms with Crippen molar-refractivity contribution < 1.29 is 9.90 Å². The van der Waals surface area contributed by atoms with Gasteiger partial charge in [-0.1, -0.05) is 29.8 Å². The number of rotatable bonds is 2. The monoisotopic (exact) mass is 410 g/mol. The fourth-order valence-corrected chi connectivity index (χ4v) is 8.41. The van der Waals surface area contributed by atoms with Crippen molar-refractivity contribution in [2.24, 2.45) is 46.8 Å². The quantitative estimate of drug-likeness (QED) is 0.633. The smallest absolute Gasteiger partial charge is 0.147 e. The number of Topliss-reactive ketones (excluding diaryl/α,β-unsaturated/α-hetero) is 1. The summed E-state index contributed by atoms with van der Waals surface area (Å²) in [7, 11) is 0. The van der Waals surface area contributed by atoms with Crippen molar-refractivity contribution in [1.29, 1.82) is 0 Å². The van der Waals surface area contributed by atoms with Crippen LogP contribution in [0.5, 0.6) is 0 Å². The summed E-state index contributed by atoms with van der Waals surface area (Å²) in [5, 5.41) is 11.1. The standard InChI is InChI=1S/C22H35BrO2/c1-13-10-16-14(15-6-8-21(2,25)11-17(13)15)7-9-22(3)18(16)4-5-19(22)20(24)12-23/h13-19,25H,4-12H2,1-3H3/t13-,14-,15-,16-,17+,18+,19-,21+,22+/m1/s1. The summed E-state index contributed by atoms with van der Waals surface area (Å²) in [6, 6.07) is 0. The lowest BCUT2D eigenvalue weighted by Crippen LogP contribution is -2.53. The first-order valence-corrected chi connectivity index (χ1v) is 11.7. The molecule has 0 spiro atoms. The van der Waals surface area contributed by atoms with Gasteiger partial charge in [-0.25, -0.2) is 0 Å². The SMILES string of the molecule is C[C@@H]1C[C@@H]2[C@H](CC[C@]3(C)[C@@H](C(=O)CBr)CC[C@@H]23)[C@H]2CC[C@](C)(O)C[C@H]21. The zero-order valence-corrected chi connectivity index (χ0v) is 17.7. The van der Waals surface area contributed by atoms with E-state index in [4.69, 9.17) is 0 Å². The van der Waals surface area contributed by atoms with E-state index in [0.29, 0.717) is 11.1 Å². The second-order valence-electron chi connectivity index (χ2n) is 10.5. The van der Waals surface area contributed by atoms with Crippen LogP contribution in [0.1, 0.15) is 72.1 Å². The molecule has 0 aliphatic heterocycles. The lowest BCUT2D eigenvalue weighted by Gasteiger charge is -2.58. The van der Waals surface area contributed by atoms with E-state index >= 15 is 0 Å². The summed E-state index contributed by atoms with van der Waals surface area (Å²) in [5.41, 5.74) is -0.190. The number of ketones is 1. The first kappa shape index (κ1) is 18.5. The first-order valence-electron chi connectivity index (χ1n) is 10.6. The average molecular weight is 411 g/mol. The number of alkyl halides is 1. The van der Waals surface area contributed by atoms with Crippen molar-refractivity contribution in [3.8, 4) is 0 Å². The zero-order valence-electron chi connectivity index (χ0n) is 16.1. The van der Waals surface area contributed by atoms with E-state index in [-0.39, 0.29) is 11.3 Å². The molecule has 2 nitrogen and oxygen atoms in total. The lowest BCUT2D eigenvalue weighted by molar-refractivity contribution is -0.134. The number of hydrogen-bond acceptors (Lipinski definition) is 2. The highest BCUT2D eigenvalue weighted by Gasteiger charge is 2.59. The molecule has 0 amide bonds. The van der Waals surface area contributed by atoms with Gasteiger partial charge in [-0.15, -0.1) is 0 Å². The molecule has 0 saturated heterocycles. The predicted molar refractivity (Wildman–Crippen MR) is 105 cm³/mol. The third-order valence-electron chi connectivity index (χ3n) is 9.18. The number of aliphatic hydroxyl groups is 1. The lowest BCUT2D eigenvalue weighted by atomic mass is 9.47. The summed E-state index contributed by atoms with van der Waals surface area (Å²) in [4.78, 5) is 12.5. The molecule has 4 saturated carbocycles. The molecule has 142 valence electrons. The average Bonchev–Trinajstić information content (AvgIpc) is 2.91. The Morgan fingerprint density at radius 2 is 1.72 bits per heavy atom. The van der Waals surface area contributed by atoms with Gasteiger partial charge in [0.2, 0.25) is 0 Å². The first-order chi connectivity index (χ1) is 11.8. The number of fused-ring (bicyclic) bond motifs is 5. The van der Waals surface area contributed by atoms with Crippen molar-refractivity contribution in [2.75, 3.05) is 5.33 Å². The van der Waals surface area contributed by atoms with E-state index in [0.717, 1.165) is 54.8 Å². The van der Waals surface area contributed by atoms with Gasteiger partial charge in [0, 0.05) is 5.92 Å². The van der Waals surface area contributed by atoms with E-state index in [1.54, 1.807) is 0 Å². The van der Waals surface area contributed by atoms with Gasteiger partial charge in [0.15, 0.2) is 0 Å². The van der Waals surface area contributed by atoms with Crippen LogP contribution in [-0.2, 0) is 4.79 Å². The molecule has 1 N–H and O–H groups in total. The Balaban J connectivity index is 1.58. The Hall–Kier alpha value is 0.110. The molecule has 0 aromatic rings. The van der Waals surface area contributed by atoms with Gasteiger partial charge in [-0.3, -0.25) is 4.79 Å². The van der Waals surface area contributed by atoms with Crippen molar-refractivity contribution in [3.05, 3.63) is 0 Å². The normalized spacial score (nSPS) is 55.2. The highest BCUT2D eigenvalue weighted by molar-refractivity contribution is 9.09. The molecule has 3 heteroatoms. The van der Waals surface area contributed by atoms with Crippen molar-refractivity contribution >= 4 is 21.7 Å². The molecule has 4 aliphatic rings. The summed E-state index contributed by atoms with van der Waals surface area (Å²) >= 11 is 3.43. The molecule has 4 rings (SSSR count). The van der Waals surface area contributed by atoms with Gasteiger partial charge in [0.1, 0.15) is 5.78 Å². The van der Waals surface area contributed by atoms with Crippen molar-refractivity contribution in [1.82, 2.24) is 0 Å². The van der Waals surface area contributed by atoms with Gasteiger partial charge in [0.25, 0.3) is 0 Å². The summed E-state index contributed by atoms with van der Waals surface area (Å²) in [6.45, 7) is 6.93. The Morgan fingerprint density at radius 1 is 1.04 bits per heavy atom. The maximum atomic E-state index is 12.5. The fourth-order valence-electron chi connectivity index (χ4n) is 8.02. The Bertz CT molecular complexity index is 544. The minimum Gasteiger partial charge on any atom is -0.390 e. The van der Waals surface area contributed by atoms with Crippen LogP contribution in [0.4, 0.5) is 0 Å². The second kappa shape index (κ2) is 6.33. The predicted octanol–water partition coefficient (Wildman–Crippen LogP) is 5.22. The highest BCUT2D eigenvalue weighted by atomic mass is 79.9. The van der Waals surface area contributed by atoms with Crippen LogP contribution in [0.2, 0.25) is 0 Å². The molecule has 0 radical (unpaired) electrons. The van der Waals surface area contributed by atoms with Gasteiger partial charge in [-0.05, 0) is 99.2 Å². The molecule has 0 aromatic heterocycles.